The summed E-state index contributed by atoms with van der Waals surface area (Å²) in [4.78, 5) is 36.8. The van der Waals surface area contributed by atoms with Crippen LogP contribution in [-0.4, -0.2) is 22.1 Å². The van der Waals surface area contributed by atoms with E-state index >= 15 is 0 Å². The summed E-state index contributed by atoms with van der Waals surface area (Å²) in [6.45, 7) is 0. The fraction of sp³-hybridized carbons (Fsp3) is 0.0714. The summed E-state index contributed by atoms with van der Waals surface area (Å²) in [6.07, 6.45) is 3.10. The third-order valence-electron chi connectivity index (χ3n) is 2.93. The van der Waals surface area contributed by atoms with E-state index in [0.29, 0.717) is 12.0 Å². The average molecular weight is 354 g/mol. The molecular formula is C14H9Cl2N3O4. The Morgan fingerprint density at radius 3 is 2.57 bits per heavy atom. The van der Waals surface area contributed by atoms with Gasteiger partial charge in [-0.25, -0.2) is 0 Å². The topological polar surface area (TPSA) is 102 Å². The van der Waals surface area contributed by atoms with Gasteiger partial charge in [0.25, 0.3) is 5.69 Å². The van der Waals surface area contributed by atoms with Gasteiger partial charge in [-0.2, -0.15) is 0 Å². The number of pyridine rings is 1. The standard InChI is InChI=1S/C14H9Cl2N3O4/c15-11-3-9(19(22)23)4-12(16)10(11)5-14(21)18-13-1-2-17-6-8(13)7-20/h1-4,6-7H,5H2,(H,17,18,21). The molecule has 1 aromatic heterocycles. The third kappa shape index (κ3) is 4.02. The lowest BCUT2D eigenvalue weighted by Gasteiger charge is -2.09. The van der Waals surface area contributed by atoms with Crippen LogP contribution in [0.1, 0.15) is 15.9 Å². The molecule has 0 aliphatic carbocycles. The van der Waals surface area contributed by atoms with Gasteiger partial charge in [-0.1, -0.05) is 23.2 Å². The molecule has 23 heavy (non-hydrogen) atoms. The van der Waals surface area contributed by atoms with Gasteiger partial charge in [0.2, 0.25) is 5.91 Å². The van der Waals surface area contributed by atoms with Crippen molar-refractivity contribution in [3.63, 3.8) is 0 Å². The number of non-ortho nitro benzene ring substituents is 1. The summed E-state index contributed by atoms with van der Waals surface area (Å²) in [6, 6.07) is 3.72. The van der Waals surface area contributed by atoms with Crippen LogP contribution in [0.15, 0.2) is 30.6 Å². The Morgan fingerprint density at radius 1 is 1.35 bits per heavy atom. The fourth-order valence-electron chi connectivity index (χ4n) is 1.83. The molecule has 0 aliphatic rings. The van der Waals surface area contributed by atoms with E-state index in [-0.39, 0.29) is 33.3 Å². The van der Waals surface area contributed by atoms with Crippen molar-refractivity contribution >= 4 is 46.8 Å². The summed E-state index contributed by atoms with van der Waals surface area (Å²) in [5.74, 6) is -0.475. The van der Waals surface area contributed by atoms with Crippen molar-refractivity contribution in [3.8, 4) is 0 Å². The van der Waals surface area contributed by atoms with Gasteiger partial charge in [0.15, 0.2) is 6.29 Å². The molecule has 0 spiro atoms. The van der Waals surface area contributed by atoms with Gasteiger partial charge in [-0.3, -0.25) is 24.7 Å². The number of carbonyl (C=O) groups is 2. The number of benzene rings is 1. The normalized spacial score (nSPS) is 10.2. The smallest absolute Gasteiger partial charge is 0.272 e. The molecule has 1 N–H and O–H groups in total. The van der Waals surface area contributed by atoms with Crippen LogP contribution in [0.3, 0.4) is 0 Å². The molecule has 0 fully saturated rings. The number of aldehydes is 1. The SMILES string of the molecule is O=Cc1cnccc1NC(=O)Cc1c(Cl)cc([N+](=O)[O-])cc1Cl. The maximum Gasteiger partial charge on any atom is 0.272 e. The van der Waals surface area contributed by atoms with Crippen LogP contribution >= 0.6 is 23.2 Å². The lowest BCUT2D eigenvalue weighted by molar-refractivity contribution is -0.384. The number of hydrogen-bond donors (Lipinski definition) is 1. The number of anilines is 1. The van der Waals surface area contributed by atoms with Crippen LogP contribution < -0.4 is 5.32 Å². The number of hydrogen-bond acceptors (Lipinski definition) is 5. The van der Waals surface area contributed by atoms with Crippen molar-refractivity contribution in [2.75, 3.05) is 5.32 Å². The predicted octanol–water partition coefficient (Wildman–Crippen LogP) is 3.29. The highest BCUT2D eigenvalue weighted by Crippen LogP contribution is 2.30. The largest absolute Gasteiger partial charge is 0.325 e. The molecule has 0 unspecified atom stereocenters. The molecule has 1 heterocycles. The van der Waals surface area contributed by atoms with Gasteiger partial charge in [0, 0.05) is 24.5 Å². The summed E-state index contributed by atoms with van der Waals surface area (Å²) >= 11 is 11.9. The zero-order valence-corrected chi connectivity index (χ0v) is 13.0. The van der Waals surface area contributed by atoms with Gasteiger partial charge >= 0.3 is 0 Å². The maximum absolute atomic E-state index is 12.1. The van der Waals surface area contributed by atoms with Gasteiger partial charge in [0.1, 0.15) is 0 Å². The first-order valence-electron chi connectivity index (χ1n) is 6.23. The highest BCUT2D eigenvalue weighted by molar-refractivity contribution is 6.36. The maximum atomic E-state index is 12.1. The molecule has 1 amide bonds. The van der Waals surface area contributed by atoms with Crippen LogP contribution in [0.4, 0.5) is 11.4 Å². The molecule has 0 atom stereocenters. The minimum Gasteiger partial charge on any atom is -0.325 e. The highest BCUT2D eigenvalue weighted by Gasteiger charge is 2.17. The monoisotopic (exact) mass is 353 g/mol. The minimum atomic E-state index is -0.630. The van der Waals surface area contributed by atoms with E-state index < -0.39 is 10.8 Å². The molecule has 0 bridgehead atoms. The van der Waals surface area contributed by atoms with Crippen molar-refractivity contribution in [3.05, 3.63) is 61.9 Å². The van der Waals surface area contributed by atoms with E-state index in [1.165, 1.54) is 18.5 Å². The number of halogens is 2. The fourth-order valence-corrected chi connectivity index (χ4v) is 2.44. The molecule has 2 rings (SSSR count). The van der Waals surface area contributed by atoms with Crippen molar-refractivity contribution in [2.24, 2.45) is 0 Å². The van der Waals surface area contributed by atoms with Crippen LogP contribution in [0.25, 0.3) is 0 Å². The van der Waals surface area contributed by atoms with E-state index in [1.807, 2.05) is 0 Å². The van der Waals surface area contributed by atoms with Gasteiger partial charge in [-0.15, -0.1) is 0 Å². The quantitative estimate of drug-likeness (QED) is 0.504. The zero-order chi connectivity index (χ0) is 17.0. The first-order chi connectivity index (χ1) is 10.9. The number of nitro benzene ring substituents is 1. The summed E-state index contributed by atoms with van der Waals surface area (Å²) in [5.41, 5.74) is 0.524. The molecule has 2 aromatic rings. The average Bonchev–Trinajstić information content (AvgIpc) is 2.51. The molecule has 9 heteroatoms. The lowest BCUT2D eigenvalue weighted by Crippen LogP contribution is -2.16. The van der Waals surface area contributed by atoms with Crippen LogP contribution in [0, 0.1) is 10.1 Å². The first-order valence-corrected chi connectivity index (χ1v) is 6.99. The number of amides is 1. The van der Waals surface area contributed by atoms with E-state index in [1.54, 1.807) is 0 Å². The number of nitrogens with one attached hydrogen (secondary N) is 1. The molecule has 0 saturated heterocycles. The zero-order valence-electron chi connectivity index (χ0n) is 11.5. The molecule has 118 valence electrons. The Labute approximate surface area is 140 Å². The molecule has 0 saturated carbocycles. The molecular weight excluding hydrogens is 345 g/mol. The highest BCUT2D eigenvalue weighted by atomic mass is 35.5. The van der Waals surface area contributed by atoms with Crippen molar-refractivity contribution in [1.29, 1.82) is 0 Å². The second kappa shape index (κ2) is 7.17. The minimum absolute atomic E-state index is 0.0182. The predicted molar refractivity (Wildman–Crippen MR) is 85.1 cm³/mol. The molecule has 0 aliphatic heterocycles. The van der Waals surface area contributed by atoms with Gasteiger partial charge in [-0.05, 0) is 11.6 Å². The molecule has 0 radical (unpaired) electrons. The summed E-state index contributed by atoms with van der Waals surface area (Å²) in [7, 11) is 0. The first kappa shape index (κ1) is 16.9. The molecule has 1 aromatic carbocycles. The van der Waals surface area contributed by atoms with Crippen LogP contribution in [0.5, 0.6) is 0 Å². The van der Waals surface area contributed by atoms with Gasteiger partial charge in [0.05, 0.1) is 32.6 Å². The summed E-state index contributed by atoms with van der Waals surface area (Å²) in [5, 5.41) is 13.3. The van der Waals surface area contributed by atoms with Gasteiger partial charge < -0.3 is 5.32 Å². The van der Waals surface area contributed by atoms with Crippen LogP contribution in [0.2, 0.25) is 10.0 Å². The number of aromatic nitrogens is 1. The second-order valence-corrected chi connectivity index (χ2v) is 5.27. The Kier molecular flexibility index (Phi) is 5.25. The van der Waals surface area contributed by atoms with E-state index in [4.69, 9.17) is 23.2 Å². The second-order valence-electron chi connectivity index (χ2n) is 4.45. The Bertz CT molecular complexity index is 772. The Morgan fingerprint density at radius 2 is 2.00 bits per heavy atom. The Hall–Kier alpha value is -2.51. The number of nitrogens with zero attached hydrogens (tertiary/aromatic N) is 2. The van der Waals surface area contributed by atoms with E-state index in [2.05, 4.69) is 10.3 Å². The van der Waals surface area contributed by atoms with E-state index in [0.717, 1.165) is 12.1 Å². The summed E-state index contributed by atoms with van der Waals surface area (Å²) < 4.78 is 0. The van der Waals surface area contributed by atoms with Crippen molar-refractivity contribution in [1.82, 2.24) is 4.98 Å². The number of carbonyl (C=O) groups excluding carboxylic acids is 2. The molecule has 7 nitrogen and oxygen atoms in total. The number of rotatable bonds is 5. The lowest BCUT2D eigenvalue weighted by atomic mass is 10.1. The number of nitro groups is 1. The van der Waals surface area contributed by atoms with Crippen molar-refractivity contribution in [2.45, 2.75) is 6.42 Å². The van der Waals surface area contributed by atoms with Crippen molar-refractivity contribution < 1.29 is 14.5 Å². The van der Waals surface area contributed by atoms with E-state index in [9.17, 15) is 19.7 Å². The Balaban J connectivity index is 2.21. The third-order valence-corrected chi connectivity index (χ3v) is 3.60. The van der Waals surface area contributed by atoms with Crippen LogP contribution in [-0.2, 0) is 11.2 Å².